The van der Waals surface area contributed by atoms with Crippen molar-refractivity contribution in [3.63, 3.8) is 0 Å². The van der Waals surface area contributed by atoms with E-state index in [1.54, 1.807) is 0 Å². The molecule has 0 spiro atoms. The molecule has 0 aliphatic carbocycles. The molecule has 1 aromatic rings. The van der Waals surface area contributed by atoms with E-state index in [0.29, 0.717) is 18.5 Å². The van der Waals surface area contributed by atoms with E-state index in [1.807, 2.05) is 30.3 Å². The van der Waals surface area contributed by atoms with Gasteiger partial charge >= 0.3 is 0 Å². The number of rotatable bonds is 6. The Labute approximate surface area is 98.7 Å². The third-order valence-electron chi connectivity index (χ3n) is 2.67. The number of aliphatic hydroxyl groups is 1. The summed E-state index contributed by atoms with van der Waals surface area (Å²) in [6.07, 6.45) is 0.734. The molecule has 0 fully saturated rings. The Hall–Kier alpha value is -0.860. The van der Waals surface area contributed by atoms with Gasteiger partial charge in [-0.1, -0.05) is 44.2 Å². The van der Waals surface area contributed by atoms with Gasteiger partial charge in [-0.15, -0.1) is 0 Å². The van der Waals surface area contributed by atoms with Crippen LogP contribution >= 0.6 is 0 Å². The van der Waals surface area contributed by atoms with E-state index in [1.165, 1.54) is 0 Å². The molecule has 1 aromatic carbocycles. The quantitative estimate of drug-likeness (QED) is 0.774. The van der Waals surface area contributed by atoms with Gasteiger partial charge in [-0.25, -0.2) is 0 Å². The summed E-state index contributed by atoms with van der Waals surface area (Å²) in [5, 5.41) is 13.3. The van der Waals surface area contributed by atoms with Crippen LogP contribution in [0.5, 0.6) is 0 Å². The standard InChI is InChI=1S/C14H23NO/c1-11(2)9-12(3)15-10-14(16)13-7-5-4-6-8-13/h4-8,11-12,14-16H,9-10H2,1-3H3. The van der Waals surface area contributed by atoms with Crippen LogP contribution in [0, 0.1) is 5.92 Å². The van der Waals surface area contributed by atoms with Crippen molar-refractivity contribution in [2.75, 3.05) is 6.54 Å². The van der Waals surface area contributed by atoms with Crippen molar-refractivity contribution in [3.8, 4) is 0 Å². The highest BCUT2D eigenvalue weighted by Gasteiger charge is 2.09. The van der Waals surface area contributed by atoms with Gasteiger partial charge in [-0.05, 0) is 24.8 Å². The third kappa shape index (κ3) is 4.77. The highest BCUT2D eigenvalue weighted by Crippen LogP contribution is 2.11. The molecule has 2 N–H and O–H groups in total. The summed E-state index contributed by atoms with van der Waals surface area (Å²) in [6.45, 7) is 7.22. The molecule has 90 valence electrons. The van der Waals surface area contributed by atoms with Crippen LogP contribution in [-0.2, 0) is 0 Å². The van der Waals surface area contributed by atoms with Crippen LogP contribution in [0.4, 0.5) is 0 Å². The van der Waals surface area contributed by atoms with E-state index in [4.69, 9.17) is 0 Å². The van der Waals surface area contributed by atoms with Crippen LogP contribution in [0.3, 0.4) is 0 Å². The third-order valence-corrected chi connectivity index (χ3v) is 2.67. The minimum absolute atomic E-state index is 0.407. The number of aliphatic hydroxyl groups excluding tert-OH is 1. The topological polar surface area (TPSA) is 32.3 Å². The van der Waals surface area contributed by atoms with Gasteiger partial charge in [0.1, 0.15) is 0 Å². The van der Waals surface area contributed by atoms with Crippen LogP contribution in [0.1, 0.15) is 38.9 Å². The van der Waals surface area contributed by atoms with E-state index in [2.05, 4.69) is 26.1 Å². The Balaban J connectivity index is 2.33. The zero-order valence-corrected chi connectivity index (χ0v) is 10.5. The molecule has 0 amide bonds. The number of hydrogen-bond acceptors (Lipinski definition) is 2. The Morgan fingerprint density at radius 3 is 2.31 bits per heavy atom. The second-order valence-electron chi connectivity index (χ2n) is 4.87. The minimum atomic E-state index is -0.407. The summed E-state index contributed by atoms with van der Waals surface area (Å²) in [5.74, 6) is 0.691. The van der Waals surface area contributed by atoms with E-state index >= 15 is 0 Å². The lowest BCUT2D eigenvalue weighted by Gasteiger charge is -2.18. The van der Waals surface area contributed by atoms with Crippen LogP contribution in [0.2, 0.25) is 0 Å². The number of hydrogen-bond donors (Lipinski definition) is 2. The normalized spacial score (nSPS) is 15.1. The molecule has 0 aromatic heterocycles. The van der Waals surface area contributed by atoms with Crippen LogP contribution in [-0.4, -0.2) is 17.7 Å². The Bertz CT molecular complexity index is 284. The average molecular weight is 221 g/mol. The van der Waals surface area contributed by atoms with Crippen molar-refractivity contribution in [3.05, 3.63) is 35.9 Å². The van der Waals surface area contributed by atoms with Crippen LogP contribution in [0.25, 0.3) is 0 Å². The van der Waals surface area contributed by atoms with E-state index < -0.39 is 6.10 Å². The number of benzene rings is 1. The highest BCUT2D eigenvalue weighted by atomic mass is 16.3. The molecule has 0 bridgehead atoms. The summed E-state index contributed by atoms with van der Waals surface area (Å²) in [6, 6.07) is 10.2. The van der Waals surface area contributed by atoms with Crippen molar-refractivity contribution in [2.45, 2.75) is 39.3 Å². The zero-order chi connectivity index (χ0) is 12.0. The van der Waals surface area contributed by atoms with Gasteiger partial charge in [0.2, 0.25) is 0 Å². The molecule has 0 aliphatic rings. The molecule has 0 radical (unpaired) electrons. The maximum atomic E-state index is 9.94. The summed E-state index contributed by atoms with van der Waals surface area (Å²) >= 11 is 0. The molecule has 16 heavy (non-hydrogen) atoms. The van der Waals surface area contributed by atoms with E-state index in [0.717, 1.165) is 12.0 Å². The van der Waals surface area contributed by atoms with Crippen molar-refractivity contribution < 1.29 is 5.11 Å². The molecule has 0 heterocycles. The first-order valence-electron chi connectivity index (χ1n) is 6.06. The summed E-state index contributed by atoms with van der Waals surface area (Å²) < 4.78 is 0. The van der Waals surface area contributed by atoms with E-state index in [9.17, 15) is 5.11 Å². The van der Waals surface area contributed by atoms with Crippen molar-refractivity contribution >= 4 is 0 Å². The molecule has 0 aliphatic heterocycles. The average Bonchev–Trinajstić information content (AvgIpc) is 2.26. The lowest BCUT2D eigenvalue weighted by atomic mass is 10.0. The SMILES string of the molecule is CC(C)CC(C)NCC(O)c1ccccc1. The van der Waals surface area contributed by atoms with Gasteiger partial charge in [-0.3, -0.25) is 0 Å². The maximum absolute atomic E-state index is 9.94. The molecule has 2 nitrogen and oxygen atoms in total. The van der Waals surface area contributed by atoms with Gasteiger partial charge in [0.05, 0.1) is 6.10 Å². The fraction of sp³-hybridized carbons (Fsp3) is 0.571. The first kappa shape index (κ1) is 13.2. The minimum Gasteiger partial charge on any atom is -0.387 e. The first-order valence-corrected chi connectivity index (χ1v) is 6.06. The second-order valence-corrected chi connectivity index (χ2v) is 4.87. The van der Waals surface area contributed by atoms with Gasteiger partial charge in [-0.2, -0.15) is 0 Å². The summed E-state index contributed by atoms with van der Waals surface area (Å²) in [5.41, 5.74) is 0.978. The van der Waals surface area contributed by atoms with Gasteiger partial charge in [0.25, 0.3) is 0 Å². The molecule has 0 saturated heterocycles. The Morgan fingerprint density at radius 2 is 1.75 bits per heavy atom. The molecular formula is C14H23NO. The Morgan fingerprint density at radius 1 is 1.12 bits per heavy atom. The van der Waals surface area contributed by atoms with Crippen molar-refractivity contribution in [2.24, 2.45) is 5.92 Å². The molecule has 2 heteroatoms. The van der Waals surface area contributed by atoms with Gasteiger partial charge in [0, 0.05) is 12.6 Å². The fourth-order valence-electron chi connectivity index (χ4n) is 1.90. The second kappa shape index (κ2) is 6.66. The van der Waals surface area contributed by atoms with E-state index in [-0.39, 0.29) is 0 Å². The van der Waals surface area contributed by atoms with Crippen LogP contribution in [0.15, 0.2) is 30.3 Å². The van der Waals surface area contributed by atoms with Crippen molar-refractivity contribution in [1.29, 1.82) is 0 Å². The zero-order valence-electron chi connectivity index (χ0n) is 10.5. The molecular weight excluding hydrogens is 198 g/mol. The molecule has 2 atom stereocenters. The Kier molecular flexibility index (Phi) is 5.50. The maximum Gasteiger partial charge on any atom is 0.0914 e. The summed E-state index contributed by atoms with van der Waals surface area (Å²) in [7, 11) is 0. The highest BCUT2D eigenvalue weighted by molar-refractivity contribution is 5.17. The first-order chi connectivity index (χ1) is 7.59. The smallest absolute Gasteiger partial charge is 0.0914 e. The lowest BCUT2D eigenvalue weighted by molar-refractivity contribution is 0.169. The summed E-state index contributed by atoms with van der Waals surface area (Å²) in [4.78, 5) is 0. The molecule has 1 rings (SSSR count). The van der Waals surface area contributed by atoms with Crippen molar-refractivity contribution in [1.82, 2.24) is 5.32 Å². The van der Waals surface area contributed by atoms with Crippen LogP contribution < -0.4 is 5.32 Å². The van der Waals surface area contributed by atoms with Gasteiger partial charge in [0.15, 0.2) is 0 Å². The lowest BCUT2D eigenvalue weighted by Crippen LogP contribution is -2.31. The predicted octanol–water partition coefficient (Wildman–Crippen LogP) is 2.74. The number of nitrogens with one attached hydrogen (secondary N) is 1. The predicted molar refractivity (Wildman–Crippen MR) is 68.3 cm³/mol. The monoisotopic (exact) mass is 221 g/mol. The largest absolute Gasteiger partial charge is 0.387 e. The molecule has 0 saturated carbocycles. The fourth-order valence-corrected chi connectivity index (χ4v) is 1.90. The van der Waals surface area contributed by atoms with Gasteiger partial charge < -0.3 is 10.4 Å². The molecule has 2 unspecified atom stereocenters.